The molecule has 0 saturated heterocycles. The SMILES string of the molecule is CC(=O)NCCN(Cc1ccc(Cl)cc1Cl)CC(C)(C)N. The predicted octanol–water partition coefficient (Wildman–Crippen LogP) is 2.67. The van der Waals surface area contributed by atoms with Gasteiger partial charge in [-0.05, 0) is 31.5 Å². The van der Waals surface area contributed by atoms with E-state index < -0.39 is 0 Å². The number of hydrogen-bond acceptors (Lipinski definition) is 3. The predicted molar refractivity (Wildman–Crippen MR) is 88.7 cm³/mol. The highest BCUT2D eigenvalue weighted by Crippen LogP contribution is 2.22. The van der Waals surface area contributed by atoms with Gasteiger partial charge >= 0.3 is 0 Å². The van der Waals surface area contributed by atoms with Crippen LogP contribution in [-0.2, 0) is 11.3 Å². The molecule has 4 nitrogen and oxygen atoms in total. The van der Waals surface area contributed by atoms with Gasteiger partial charge in [-0.1, -0.05) is 29.3 Å². The van der Waals surface area contributed by atoms with Crippen molar-refractivity contribution in [2.45, 2.75) is 32.9 Å². The molecule has 0 aliphatic carbocycles. The number of carbonyl (C=O) groups excluding carboxylic acids is 1. The maximum absolute atomic E-state index is 11.0. The third-order valence-corrected chi connectivity index (χ3v) is 3.43. The minimum atomic E-state index is -0.324. The van der Waals surface area contributed by atoms with Crippen molar-refractivity contribution < 1.29 is 4.79 Å². The van der Waals surface area contributed by atoms with Crippen LogP contribution in [-0.4, -0.2) is 36.0 Å². The van der Waals surface area contributed by atoms with Crippen LogP contribution in [0.5, 0.6) is 0 Å². The van der Waals surface area contributed by atoms with Crippen molar-refractivity contribution in [2.24, 2.45) is 5.73 Å². The van der Waals surface area contributed by atoms with E-state index in [1.54, 1.807) is 6.07 Å². The lowest BCUT2D eigenvalue weighted by atomic mass is 10.1. The first-order valence-electron chi connectivity index (χ1n) is 6.87. The number of amides is 1. The zero-order valence-corrected chi connectivity index (χ0v) is 14.3. The van der Waals surface area contributed by atoms with Gasteiger partial charge in [-0.2, -0.15) is 0 Å². The summed E-state index contributed by atoms with van der Waals surface area (Å²) in [7, 11) is 0. The summed E-state index contributed by atoms with van der Waals surface area (Å²) in [6, 6.07) is 5.47. The molecule has 1 aromatic rings. The van der Waals surface area contributed by atoms with Crippen LogP contribution in [0.3, 0.4) is 0 Å². The Bertz CT molecular complexity index is 486. The first kappa shape index (κ1) is 18.2. The first-order chi connectivity index (χ1) is 9.67. The van der Waals surface area contributed by atoms with Crippen molar-refractivity contribution >= 4 is 29.1 Å². The van der Waals surface area contributed by atoms with E-state index in [0.29, 0.717) is 36.2 Å². The maximum atomic E-state index is 11.0. The summed E-state index contributed by atoms with van der Waals surface area (Å²) in [6.45, 7) is 8.11. The van der Waals surface area contributed by atoms with Crippen molar-refractivity contribution in [3.05, 3.63) is 33.8 Å². The van der Waals surface area contributed by atoms with Crippen molar-refractivity contribution in [1.29, 1.82) is 0 Å². The van der Waals surface area contributed by atoms with Crippen LogP contribution in [0.2, 0.25) is 10.0 Å². The van der Waals surface area contributed by atoms with Gasteiger partial charge < -0.3 is 11.1 Å². The Hall–Kier alpha value is -0.810. The van der Waals surface area contributed by atoms with Gasteiger partial charge in [0.15, 0.2) is 0 Å². The fourth-order valence-electron chi connectivity index (χ4n) is 2.07. The molecule has 0 aromatic heterocycles. The zero-order valence-electron chi connectivity index (χ0n) is 12.7. The van der Waals surface area contributed by atoms with Gasteiger partial charge in [0.25, 0.3) is 0 Å². The Balaban J connectivity index is 2.73. The summed E-state index contributed by atoms with van der Waals surface area (Å²) in [4.78, 5) is 13.1. The summed E-state index contributed by atoms with van der Waals surface area (Å²) in [5.74, 6) is -0.0357. The molecule has 1 amide bonds. The van der Waals surface area contributed by atoms with Gasteiger partial charge in [0.05, 0.1) is 0 Å². The van der Waals surface area contributed by atoms with E-state index in [1.165, 1.54) is 6.92 Å². The molecule has 3 N–H and O–H groups in total. The molecule has 0 aliphatic rings. The largest absolute Gasteiger partial charge is 0.355 e. The fraction of sp³-hybridized carbons (Fsp3) is 0.533. The van der Waals surface area contributed by atoms with Gasteiger partial charge in [0, 0.05) is 48.7 Å². The van der Waals surface area contributed by atoms with Crippen molar-refractivity contribution in [3.63, 3.8) is 0 Å². The lowest BCUT2D eigenvalue weighted by Crippen LogP contribution is -2.47. The molecule has 1 aromatic carbocycles. The number of nitrogens with two attached hydrogens (primary N) is 1. The maximum Gasteiger partial charge on any atom is 0.216 e. The Morgan fingerprint density at radius 2 is 2.05 bits per heavy atom. The van der Waals surface area contributed by atoms with Crippen molar-refractivity contribution in [1.82, 2.24) is 10.2 Å². The van der Waals surface area contributed by atoms with Crippen molar-refractivity contribution in [3.8, 4) is 0 Å². The second-order valence-corrected chi connectivity index (χ2v) is 6.76. The van der Waals surface area contributed by atoms with E-state index in [-0.39, 0.29) is 11.4 Å². The molecule has 1 rings (SSSR count). The number of hydrogen-bond donors (Lipinski definition) is 2. The van der Waals surface area contributed by atoms with Crippen LogP contribution < -0.4 is 11.1 Å². The quantitative estimate of drug-likeness (QED) is 0.807. The molecule has 118 valence electrons. The molecule has 0 unspecified atom stereocenters. The number of halogens is 2. The van der Waals surface area contributed by atoms with Crippen LogP contribution in [0.1, 0.15) is 26.3 Å². The van der Waals surface area contributed by atoms with E-state index in [4.69, 9.17) is 28.9 Å². The number of benzene rings is 1. The molecule has 21 heavy (non-hydrogen) atoms. The van der Waals surface area contributed by atoms with E-state index in [0.717, 1.165) is 5.56 Å². The van der Waals surface area contributed by atoms with E-state index in [2.05, 4.69) is 10.2 Å². The normalized spacial score (nSPS) is 11.8. The highest BCUT2D eigenvalue weighted by molar-refractivity contribution is 6.35. The molecular weight excluding hydrogens is 309 g/mol. The molecular formula is C15H23Cl2N3O. The third-order valence-electron chi connectivity index (χ3n) is 2.84. The van der Waals surface area contributed by atoms with Crippen LogP contribution in [0.15, 0.2) is 18.2 Å². The van der Waals surface area contributed by atoms with Gasteiger partial charge in [-0.3, -0.25) is 9.69 Å². The zero-order chi connectivity index (χ0) is 16.0. The smallest absolute Gasteiger partial charge is 0.216 e. The Morgan fingerprint density at radius 3 is 2.57 bits per heavy atom. The standard InChI is InChI=1S/C15H23Cl2N3O/c1-11(21)19-6-7-20(10-15(2,3)18)9-12-4-5-13(16)8-14(12)17/h4-5,8H,6-7,9-10,18H2,1-3H3,(H,19,21). The van der Waals surface area contributed by atoms with Crippen LogP contribution in [0, 0.1) is 0 Å². The molecule has 0 aliphatic heterocycles. The highest BCUT2D eigenvalue weighted by atomic mass is 35.5. The van der Waals surface area contributed by atoms with Gasteiger partial charge in [-0.25, -0.2) is 0 Å². The molecule has 6 heteroatoms. The fourth-order valence-corrected chi connectivity index (χ4v) is 2.54. The Morgan fingerprint density at radius 1 is 1.38 bits per heavy atom. The third kappa shape index (κ3) is 7.67. The first-order valence-corrected chi connectivity index (χ1v) is 7.62. The molecule has 0 saturated carbocycles. The summed E-state index contributed by atoms with van der Waals surface area (Å²) in [5.41, 5.74) is 6.77. The summed E-state index contributed by atoms with van der Waals surface area (Å²) >= 11 is 12.1. The van der Waals surface area contributed by atoms with Gasteiger partial charge in [0.1, 0.15) is 0 Å². The monoisotopic (exact) mass is 331 g/mol. The highest BCUT2D eigenvalue weighted by Gasteiger charge is 2.18. The average molecular weight is 332 g/mol. The summed E-state index contributed by atoms with van der Waals surface area (Å²) < 4.78 is 0. The summed E-state index contributed by atoms with van der Waals surface area (Å²) in [5, 5.41) is 4.05. The second kappa shape index (κ2) is 7.99. The van der Waals surface area contributed by atoms with Crippen molar-refractivity contribution in [2.75, 3.05) is 19.6 Å². The molecule has 0 spiro atoms. The van der Waals surface area contributed by atoms with Crippen LogP contribution in [0.25, 0.3) is 0 Å². The van der Waals surface area contributed by atoms with E-state index in [1.807, 2.05) is 26.0 Å². The topological polar surface area (TPSA) is 58.4 Å². The van der Waals surface area contributed by atoms with Crippen LogP contribution in [0.4, 0.5) is 0 Å². The van der Waals surface area contributed by atoms with Crippen LogP contribution >= 0.6 is 23.2 Å². The summed E-state index contributed by atoms with van der Waals surface area (Å²) in [6.07, 6.45) is 0. The number of carbonyl (C=O) groups is 1. The second-order valence-electron chi connectivity index (χ2n) is 5.92. The minimum Gasteiger partial charge on any atom is -0.355 e. The van der Waals surface area contributed by atoms with Gasteiger partial charge in [-0.15, -0.1) is 0 Å². The molecule has 0 atom stereocenters. The number of nitrogens with zero attached hydrogens (tertiary/aromatic N) is 1. The lowest BCUT2D eigenvalue weighted by Gasteiger charge is -2.30. The lowest BCUT2D eigenvalue weighted by molar-refractivity contribution is -0.119. The molecule has 0 heterocycles. The number of rotatable bonds is 7. The van der Waals surface area contributed by atoms with Gasteiger partial charge in [0.2, 0.25) is 5.91 Å². The minimum absolute atomic E-state index is 0.0357. The molecule has 0 bridgehead atoms. The van der Waals surface area contributed by atoms with E-state index in [9.17, 15) is 4.79 Å². The molecule has 0 radical (unpaired) electrons. The Labute approximate surface area is 136 Å². The molecule has 0 fully saturated rings. The number of nitrogens with one attached hydrogen (secondary N) is 1. The van der Waals surface area contributed by atoms with E-state index >= 15 is 0 Å². The average Bonchev–Trinajstić information content (AvgIpc) is 2.30. The Kier molecular flexibility index (Phi) is 6.94.